The largest absolute Gasteiger partial charge is 0.380 e. The molecule has 1 aliphatic carbocycles. The van der Waals surface area contributed by atoms with Crippen LogP contribution in [0.15, 0.2) is 30.9 Å². The standard InChI is InChI=1S/C15H19ClN4/c1-11-4-2-3-5-13(11)19-14-8-12(16)6-7-15(14)20-10-17-9-18-20/h6-11,13,19H,2-5H2,1H3. The molecule has 1 N–H and O–H groups in total. The third-order valence-electron chi connectivity index (χ3n) is 4.08. The summed E-state index contributed by atoms with van der Waals surface area (Å²) in [5.74, 6) is 0.686. The van der Waals surface area contributed by atoms with Crippen LogP contribution in [0.5, 0.6) is 0 Å². The third-order valence-corrected chi connectivity index (χ3v) is 4.31. The molecule has 1 aromatic carbocycles. The predicted molar refractivity (Wildman–Crippen MR) is 81.4 cm³/mol. The monoisotopic (exact) mass is 290 g/mol. The van der Waals surface area contributed by atoms with Crippen molar-refractivity contribution >= 4 is 17.3 Å². The maximum Gasteiger partial charge on any atom is 0.138 e. The zero-order valence-corrected chi connectivity index (χ0v) is 12.3. The Kier molecular flexibility index (Phi) is 3.92. The Morgan fingerprint density at radius 3 is 2.90 bits per heavy atom. The van der Waals surface area contributed by atoms with E-state index in [0.29, 0.717) is 12.0 Å². The van der Waals surface area contributed by atoms with Gasteiger partial charge in [-0.3, -0.25) is 0 Å². The summed E-state index contributed by atoms with van der Waals surface area (Å²) in [6, 6.07) is 6.34. The molecule has 0 amide bonds. The van der Waals surface area contributed by atoms with Crippen LogP contribution >= 0.6 is 11.6 Å². The minimum atomic E-state index is 0.504. The molecule has 3 rings (SSSR count). The van der Waals surface area contributed by atoms with Crippen molar-refractivity contribution in [1.82, 2.24) is 14.8 Å². The van der Waals surface area contributed by atoms with E-state index in [0.717, 1.165) is 16.4 Å². The lowest BCUT2D eigenvalue weighted by molar-refractivity contribution is 0.349. The number of hydrogen-bond acceptors (Lipinski definition) is 3. The molecule has 1 fully saturated rings. The Morgan fingerprint density at radius 1 is 1.30 bits per heavy atom. The van der Waals surface area contributed by atoms with E-state index in [9.17, 15) is 0 Å². The van der Waals surface area contributed by atoms with Crippen molar-refractivity contribution in [3.63, 3.8) is 0 Å². The molecule has 1 aromatic heterocycles. The Hall–Kier alpha value is -1.55. The molecule has 2 aromatic rings. The van der Waals surface area contributed by atoms with Crippen LogP contribution in [0, 0.1) is 5.92 Å². The van der Waals surface area contributed by atoms with Crippen LogP contribution in [0.3, 0.4) is 0 Å². The van der Waals surface area contributed by atoms with Crippen LogP contribution in [0.2, 0.25) is 5.02 Å². The highest BCUT2D eigenvalue weighted by atomic mass is 35.5. The second-order valence-corrected chi connectivity index (χ2v) is 5.95. The van der Waals surface area contributed by atoms with E-state index in [4.69, 9.17) is 11.6 Å². The Morgan fingerprint density at radius 2 is 2.15 bits per heavy atom. The molecule has 0 saturated heterocycles. The van der Waals surface area contributed by atoms with Crippen LogP contribution < -0.4 is 5.32 Å². The first-order valence-corrected chi connectivity index (χ1v) is 7.53. The van der Waals surface area contributed by atoms with Crippen molar-refractivity contribution < 1.29 is 0 Å². The highest BCUT2D eigenvalue weighted by Gasteiger charge is 2.22. The number of hydrogen-bond donors (Lipinski definition) is 1. The lowest BCUT2D eigenvalue weighted by atomic mass is 9.86. The first-order valence-electron chi connectivity index (χ1n) is 7.15. The molecule has 106 valence electrons. The van der Waals surface area contributed by atoms with Crippen molar-refractivity contribution in [3.05, 3.63) is 35.9 Å². The lowest BCUT2D eigenvalue weighted by Crippen LogP contribution is -2.30. The van der Waals surface area contributed by atoms with Gasteiger partial charge < -0.3 is 5.32 Å². The normalized spacial score (nSPS) is 22.7. The summed E-state index contributed by atoms with van der Waals surface area (Å²) < 4.78 is 1.77. The van der Waals surface area contributed by atoms with Gasteiger partial charge in [0.15, 0.2) is 0 Å². The van der Waals surface area contributed by atoms with Gasteiger partial charge in [-0.05, 0) is 37.0 Å². The zero-order valence-electron chi connectivity index (χ0n) is 11.6. The van der Waals surface area contributed by atoms with Crippen LogP contribution in [0.1, 0.15) is 32.6 Å². The molecule has 20 heavy (non-hydrogen) atoms. The Balaban J connectivity index is 1.89. The average molecular weight is 291 g/mol. The van der Waals surface area contributed by atoms with Gasteiger partial charge in [0.05, 0.1) is 11.4 Å². The molecule has 0 radical (unpaired) electrons. The second-order valence-electron chi connectivity index (χ2n) is 5.51. The number of halogens is 1. The molecule has 1 heterocycles. The summed E-state index contributed by atoms with van der Waals surface area (Å²) in [5.41, 5.74) is 2.02. The number of nitrogens with one attached hydrogen (secondary N) is 1. The van der Waals surface area contributed by atoms with Crippen molar-refractivity contribution in [2.24, 2.45) is 5.92 Å². The minimum Gasteiger partial charge on any atom is -0.380 e. The molecule has 1 aliphatic rings. The fourth-order valence-corrected chi connectivity index (χ4v) is 3.06. The van der Waals surface area contributed by atoms with Gasteiger partial charge in [-0.2, -0.15) is 5.10 Å². The molecule has 5 heteroatoms. The summed E-state index contributed by atoms with van der Waals surface area (Å²) >= 11 is 6.15. The first kappa shape index (κ1) is 13.4. The predicted octanol–water partition coefficient (Wildman–Crippen LogP) is 3.91. The van der Waals surface area contributed by atoms with E-state index >= 15 is 0 Å². The summed E-state index contributed by atoms with van der Waals surface area (Å²) in [7, 11) is 0. The quantitative estimate of drug-likeness (QED) is 0.932. The van der Waals surface area contributed by atoms with E-state index < -0.39 is 0 Å². The zero-order chi connectivity index (χ0) is 13.9. The number of rotatable bonds is 3. The van der Waals surface area contributed by atoms with Gasteiger partial charge in [0.1, 0.15) is 12.7 Å². The number of benzene rings is 1. The average Bonchev–Trinajstić information content (AvgIpc) is 2.95. The maximum atomic E-state index is 6.15. The molecule has 1 saturated carbocycles. The molecular weight excluding hydrogens is 272 g/mol. The van der Waals surface area contributed by atoms with Crippen molar-refractivity contribution in [1.29, 1.82) is 0 Å². The maximum absolute atomic E-state index is 6.15. The van der Waals surface area contributed by atoms with Crippen LogP contribution in [0.4, 0.5) is 5.69 Å². The van der Waals surface area contributed by atoms with E-state index in [-0.39, 0.29) is 0 Å². The van der Waals surface area contributed by atoms with E-state index in [2.05, 4.69) is 22.3 Å². The Bertz CT molecular complexity index is 567. The molecule has 2 unspecified atom stereocenters. The van der Waals surface area contributed by atoms with Gasteiger partial charge in [-0.25, -0.2) is 9.67 Å². The van der Waals surface area contributed by atoms with Gasteiger partial charge in [-0.15, -0.1) is 0 Å². The molecule has 0 aliphatic heterocycles. The smallest absolute Gasteiger partial charge is 0.138 e. The van der Waals surface area contributed by atoms with Crippen molar-refractivity contribution in [3.8, 4) is 5.69 Å². The number of aromatic nitrogens is 3. The second kappa shape index (κ2) is 5.83. The number of anilines is 1. The van der Waals surface area contributed by atoms with Gasteiger partial charge in [0, 0.05) is 11.1 Å². The molecule has 0 spiro atoms. The lowest BCUT2D eigenvalue weighted by Gasteiger charge is -2.31. The van der Waals surface area contributed by atoms with Gasteiger partial charge in [0.25, 0.3) is 0 Å². The highest BCUT2D eigenvalue weighted by Crippen LogP contribution is 2.30. The van der Waals surface area contributed by atoms with E-state index in [1.165, 1.54) is 25.7 Å². The molecule has 4 nitrogen and oxygen atoms in total. The van der Waals surface area contributed by atoms with Crippen LogP contribution in [-0.4, -0.2) is 20.8 Å². The van der Waals surface area contributed by atoms with Gasteiger partial charge >= 0.3 is 0 Å². The highest BCUT2D eigenvalue weighted by molar-refractivity contribution is 6.31. The first-order chi connectivity index (χ1) is 9.74. The molecular formula is C15H19ClN4. The van der Waals surface area contributed by atoms with Crippen molar-refractivity contribution in [2.45, 2.75) is 38.6 Å². The van der Waals surface area contributed by atoms with E-state index in [1.807, 2.05) is 18.2 Å². The summed E-state index contributed by atoms with van der Waals surface area (Å²) in [6.45, 7) is 2.32. The minimum absolute atomic E-state index is 0.504. The molecule has 2 atom stereocenters. The van der Waals surface area contributed by atoms with Gasteiger partial charge in [-0.1, -0.05) is 31.4 Å². The third kappa shape index (κ3) is 2.80. The molecule has 0 bridgehead atoms. The van der Waals surface area contributed by atoms with Crippen molar-refractivity contribution in [2.75, 3.05) is 5.32 Å². The van der Waals surface area contributed by atoms with E-state index in [1.54, 1.807) is 17.3 Å². The van der Waals surface area contributed by atoms with Crippen LogP contribution in [-0.2, 0) is 0 Å². The summed E-state index contributed by atoms with van der Waals surface area (Å²) in [5, 5.41) is 8.60. The summed E-state index contributed by atoms with van der Waals surface area (Å²) in [6.07, 6.45) is 8.38. The van der Waals surface area contributed by atoms with Gasteiger partial charge in [0.2, 0.25) is 0 Å². The summed E-state index contributed by atoms with van der Waals surface area (Å²) in [4.78, 5) is 4.01. The topological polar surface area (TPSA) is 42.7 Å². The SMILES string of the molecule is CC1CCCCC1Nc1cc(Cl)ccc1-n1cncn1. The fourth-order valence-electron chi connectivity index (χ4n) is 2.89. The number of nitrogens with zero attached hydrogens (tertiary/aromatic N) is 3. The fraction of sp³-hybridized carbons (Fsp3) is 0.467. The van der Waals surface area contributed by atoms with Crippen LogP contribution in [0.25, 0.3) is 5.69 Å². The Labute approximate surface area is 124 Å².